The molecule has 1 fully saturated rings. The maximum Gasteiger partial charge on any atom is 0.321 e. The second-order valence-electron chi connectivity index (χ2n) is 13.4. The number of fused-ring (bicyclic) bond motifs is 1. The summed E-state index contributed by atoms with van der Waals surface area (Å²) in [5.41, 5.74) is 1.53. The minimum absolute atomic E-state index is 0.0216. The molecule has 2 aromatic rings. The van der Waals surface area contributed by atoms with Gasteiger partial charge in [0.15, 0.2) is 0 Å². The number of aliphatic hydroxyl groups is 1. The highest BCUT2D eigenvalue weighted by Crippen LogP contribution is 2.30. The number of anilines is 2. The van der Waals surface area contributed by atoms with Crippen LogP contribution in [-0.2, 0) is 9.53 Å². The van der Waals surface area contributed by atoms with E-state index in [1.165, 1.54) is 0 Å². The molecule has 0 spiro atoms. The van der Waals surface area contributed by atoms with E-state index in [1.54, 1.807) is 73.3 Å². The third-order valence-electron chi connectivity index (χ3n) is 9.44. The second-order valence-corrected chi connectivity index (χ2v) is 13.4. The van der Waals surface area contributed by atoms with Crippen molar-refractivity contribution in [2.75, 3.05) is 51.1 Å². The first-order valence-electron chi connectivity index (χ1n) is 17.4. The Labute approximate surface area is 285 Å². The van der Waals surface area contributed by atoms with Gasteiger partial charge in [-0.3, -0.25) is 9.59 Å². The van der Waals surface area contributed by atoms with E-state index in [-0.39, 0.29) is 55.0 Å². The molecule has 2 aliphatic rings. The number of aliphatic hydroxyl groups excluding tert-OH is 1. The molecule has 4 amide bonds. The number of nitrogens with one attached hydrogen (secondary N) is 2. The number of urea groups is 1. The van der Waals surface area contributed by atoms with Crippen molar-refractivity contribution in [3.8, 4) is 11.5 Å². The second kappa shape index (κ2) is 18.1. The van der Waals surface area contributed by atoms with E-state index in [4.69, 9.17) is 14.2 Å². The van der Waals surface area contributed by atoms with E-state index in [9.17, 15) is 19.5 Å². The molecular weight excluding hydrogens is 612 g/mol. The van der Waals surface area contributed by atoms with Gasteiger partial charge in [0.25, 0.3) is 5.91 Å². The zero-order valence-corrected chi connectivity index (χ0v) is 29.2. The fraction of sp³-hybridized carbons (Fsp3) is 0.595. The number of amides is 4. The SMILES string of the molecule is COc1ccc(NC(=O)N(C)C[C@@H]2OCCCC[C@H](C)Oc3ccc(NC(=O)C4CCCCC4)cc3C(=O)N([C@H](C)CO)C[C@@H]2C)cc1. The molecule has 1 heterocycles. The number of likely N-dealkylation sites (N-methyl/N-ethyl adjacent to an activating group) is 1. The van der Waals surface area contributed by atoms with Gasteiger partial charge in [-0.1, -0.05) is 26.2 Å². The van der Waals surface area contributed by atoms with E-state index in [0.29, 0.717) is 41.6 Å². The number of ether oxygens (including phenoxy) is 3. The molecule has 1 aliphatic heterocycles. The standard InChI is InChI=1S/C37H54N4O7/c1-25-22-41(26(2)24-42)36(44)32-21-30(38-35(43)28-12-7-6-8-13-28)16-19-33(32)48-27(3)11-9-10-20-47-34(25)23-40(4)37(45)39-29-14-17-31(46-5)18-15-29/h14-19,21,25-28,34,42H,6-13,20,22-24H2,1-5H3,(H,38,43)(H,39,45)/t25-,26+,27-,34-/m0/s1. The summed E-state index contributed by atoms with van der Waals surface area (Å²) in [6, 6.07) is 11.6. The maximum absolute atomic E-state index is 14.4. The van der Waals surface area contributed by atoms with Crippen LogP contribution in [0.1, 0.15) is 82.5 Å². The summed E-state index contributed by atoms with van der Waals surface area (Å²) in [4.78, 5) is 43.8. The van der Waals surface area contributed by atoms with Gasteiger partial charge in [0, 0.05) is 50.0 Å². The summed E-state index contributed by atoms with van der Waals surface area (Å²) in [6.45, 7) is 6.61. The lowest BCUT2D eigenvalue weighted by Crippen LogP contribution is -2.48. The molecule has 0 aromatic heterocycles. The highest BCUT2D eigenvalue weighted by molar-refractivity contribution is 6.00. The number of nitrogens with zero attached hydrogens (tertiary/aromatic N) is 2. The lowest BCUT2D eigenvalue weighted by molar-refractivity contribution is -0.120. The molecule has 4 atom stereocenters. The predicted octanol–water partition coefficient (Wildman–Crippen LogP) is 6.17. The largest absolute Gasteiger partial charge is 0.497 e. The molecule has 48 heavy (non-hydrogen) atoms. The van der Waals surface area contributed by atoms with Crippen LogP contribution in [0.2, 0.25) is 0 Å². The summed E-state index contributed by atoms with van der Waals surface area (Å²) >= 11 is 0. The molecule has 1 aliphatic carbocycles. The van der Waals surface area contributed by atoms with Crippen LogP contribution >= 0.6 is 0 Å². The Morgan fingerprint density at radius 2 is 1.69 bits per heavy atom. The van der Waals surface area contributed by atoms with Crippen molar-refractivity contribution in [2.24, 2.45) is 11.8 Å². The Balaban J connectivity index is 1.56. The number of benzene rings is 2. The third kappa shape index (κ3) is 10.3. The van der Waals surface area contributed by atoms with Gasteiger partial charge in [-0.05, 0) is 88.4 Å². The van der Waals surface area contributed by atoms with Gasteiger partial charge in [0.05, 0.1) is 37.5 Å². The van der Waals surface area contributed by atoms with Gasteiger partial charge < -0.3 is 39.8 Å². The van der Waals surface area contributed by atoms with Crippen LogP contribution in [0.3, 0.4) is 0 Å². The summed E-state index contributed by atoms with van der Waals surface area (Å²) in [7, 11) is 3.31. The van der Waals surface area contributed by atoms with Crippen LogP contribution in [0.5, 0.6) is 11.5 Å². The van der Waals surface area contributed by atoms with Crippen molar-refractivity contribution < 1.29 is 33.7 Å². The van der Waals surface area contributed by atoms with Crippen molar-refractivity contribution >= 4 is 29.2 Å². The number of hydrogen-bond acceptors (Lipinski definition) is 7. The van der Waals surface area contributed by atoms with Crippen LogP contribution in [0.25, 0.3) is 0 Å². The van der Waals surface area contributed by atoms with Crippen molar-refractivity contribution in [3.63, 3.8) is 0 Å². The molecule has 2 aromatic carbocycles. The van der Waals surface area contributed by atoms with E-state index >= 15 is 0 Å². The molecular formula is C37H54N4O7. The fourth-order valence-electron chi connectivity index (χ4n) is 6.32. The highest BCUT2D eigenvalue weighted by atomic mass is 16.5. The normalized spacial score (nSPS) is 22.0. The first-order chi connectivity index (χ1) is 23.1. The van der Waals surface area contributed by atoms with Crippen LogP contribution in [0, 0.1) is 11.8 Å². The van der Waals surface area contributed by atoms with Crippen LogP contribution in [0.15, 0.2) is 42.5 Å². The van der Waals surface area contributed by atoms with Gasteiger partial charge in [-0.2, -0.15) is 0 Å². The monoisotopic (exact) mass is 666 g/mol. The number of carbonyl (C=O) groups is 3. The Hall–Kier alpha value is -3.83. The van der Waals surface area contributed by atoms with Gasteiger partial charge in [0.2, 0.25) is 5.91 Å². The summed E-state index contributed by atoms with van der Waals surface area (Å²) in [5.74, 6) is 0.598. The van der Waals surface area contributed by atoms with Gasteiger partial charge in [-0.25, -0.2) is 4.79 Å². The van der Waals surface area contributed by atoms with Crippen LogP contribution < -0.4 is 20.1 Å². The Morgan fingerprint density at radius 3 is 2.38 bits per heavy atom. The van der Waals surface area contributed by atoms with Crippen LogP contribution in [-0.4, -0.2) is 91.5 Å². The number of rotatable bonds is 8. The van der Waals surface area contributed by atoms with Crippen molar-refractivity contribution in [1.29, 1.82) is 0 Å². The van der Waals surface area contributed by atoms with E-state index in [0.717, 1.165) is 51.4 Å². The van der Waals surface area contributed by atoms with Gasteiger partial charge in [0.1, 0.15) is 11.5 Å². The molecule has 4 rings (SSSR count). The summed E-state index contributed by atoms with van der Waals surface area (Å²) in [5, 5.41) is 16.2. The zero-order chi connectivity index (χ0) is 34.6. The predicted molar refractivity (Wildman–Crippen MR) is 187 cm³/mol. The summed E-state index contributed by atoms with van der Waals surface area (Å²) in [6.07, 6.45) is 6.90. The Kier molecular flexibility index (Phi) is 13.9. The van der Waals surface area contributed by atoms with E-state index in [2.05, 4.69) is 10.6 Å². The third-order valence-corrected chi connectivity index (χ3v) is 9.44. The van der Waals surface area contributed by atoms with Crippen molar-refractivity contribution in [3.05, 3.63) is 48.0 Å². The van der Waals surface area contributed by atoms with Crippen molar-refractivity contribution in [2.45, 2.75) is 90.4 Å². The molecule has 11 nitrogen and oxygen atoms in total. The average Bonchev–Trinajstić information content (AvgIpc) is 3.10. The smallest absolute Gasteiger partial charge is 0.321 e. The molecule has 0 saturated heterocycles. The van der Waals surface area contributed by atoms with Crippen molar-refractivity contribution in [1.82, 2.24) is 9.80 Å². The molecule has 264 valence electrons. The lowest BCUT2D eigenvalue weighted by atomic mass is 9.88. The molecule has 1 saturated carbocycles. The minimum Gasteiger partial charge on any atom is -0.497 e. The molecule has 3 N–H and O–H groups in total. The Bertz CT molecular complexity index is 1350. The number of hydrogen-bond donors (Lipinski definition) is 3. The molecule has 11 heteroatoms. The molecule has 0 radical (unpaired) electrons. The average molecular weight is 667 g/mol. The minimum atomic E-state index is -0.504. The van der Waals surface area contributed by atoms with E-state index in [1.807, 2.05) is 13.8 Å². The first-order valence-corrected chi connectivity index (χ1v) is 17.4. The quantitative estimate of drug-likeness (QED) is 0.307. The topological polar surface area (TPSA) is 130 Å². The zero-order valence-electron chi connectivity index (χ0n) is 29.2. The van der Waals surface area contributed by atoms with Crippen LogP contribution in [0.4, 0.5) is 16.2 Å². The maximum atomic E-state index is 14.4. The molecule has 0 bridgehead atoms. The number of methoxy groups -OCH3 is 1. The van der Waals surface area contributed by atoms with E-state index < -0.39 is 6.04 Å². The lowest BCUT2D eigenvalue weighted by Gasteiger charge is -2.35. The number of carbonyl (C=O) groups excluding carboxylic acids is 3. The molecule has 0 unspecified atom stereocenters. The summed E-state index contributed by atoms with van der Waals surface area (Å²) < 4.78 is 17.9. The first kappa shape index (κ1) is 37.0. The highest BCUT2D eigenvalue weighted by Gasteiger charge is 2.31. The van der Waals surface area contributed by atoms with Gasteiger partial charge >= 0.3 is 6.03 Å². The fourth-order valence-corrected chi connectivity index (χ4v) is 6.32. The van der Waals surface area contributed by atoms with Gasteiger partial charge in [-0.15, -0.1) is 0 Å². The Morgan fingerprint density at radius 1 is 1.00 bits per heavy atom.